The van der Waals surface area contributed by atoms with Crippen LogP contribution >= 0.6 is 0 Å². The maximum Gasteiger partial charge on any atom is 0.326 e. The van der Waals surface area contributed by atoms with Gasteiger partial charge in [0.1, 0.15) is 6.04 Å². The average Bonchev–Trinajstić information content (AvgIpc) is 2.42. The second-order valence-corrected chi connectivity index (χ2v) is 5.21. The van der Waals surface area contributed by atoms with Crippen molar-refractivity contribution in [3.05, 3.63) is 0 Å². The fourth-order valence-corrected chi connectivity index (χ4v) is 2.31. The topological polar surface area (TPSA) is 130 Å². The maximum atomic E-state index is 12.1. The predicted octanol–water partition coefficient (Wildman–Crippen LogP) is -0.920. The van der Waals surface area contributed by atoms with Gasteiger partial charge in [0.25, 0.3) is 0 Å². The summed E-state index contributed by atoms with van der Waals surface area (Å²) in [6.45, 7) is 2.35. The summed E-state index contributed by atoms with van der Waals surface area (Å²) in [6.07, 6.45) is 1.16. The van der Waals surface area contributed by atoms with E-state index in [1.54, 1.807) is 4.90 Å². The molecule has 0 bridgehead atoms. The Balaban J connectivity index is 2.58. The van der Waals surface area contributed by atoms with Crippen molar-refractivity contribution >= 4 is 23.7 Å². The third-order valence-electron chi connectivity index (χ3n) is 3.53. The SMILES string of the molecule is CC(=O)N1CCCC(C(=O)N[C@H](CCC(N)=O)C(=O)O)C1. The summed E-state index contributed by atoms with van der Waals surface area (Å²) >= 11 is 0. The molecule has 118 valence electrons. The quantitative estimate of drug-likeness (QED) is 0.584. The first-order valence-corrected chi connectivity index (χ1v) is 6.88. The first-order valence-electron chi connectivity index (χ1n) is 6.88. The van der Waals surface area contributed by atoms with Gasteiger partial charge in [-0.25, -0.2) is 4.79 Å². The van der Waals surface area contributed by atoms with E-state index < -0.39 is 29.7 Å². The lowest BCUT2D eigenvalue weighted by Gasteiger charge is -2.31. The van der Waals surface area contributed by atoms with Gasteiger partial charge in [0, 0.05) is 26.4 Å². The lowest BCUT2D eigenvalue weighted by Crippen LogP contribution is -2.49. The Morgan fingerprint density at radius 3 is 2.57 bits per heavy atom. The fourth-order valence-electron chi connectivity index (χ4n) is 2.31. The van der Waals surface area contributed by atoms with Gasteiger partial charge in [-0.05, 0) is 19.3 Å². The van der Waals surface area contributed by atoms with Crippen molar-refractivity contribution in [3.63, 3.8) is 0 Å². The largest absolute Gasteiger partial charge is 0.480 e. The van der Waals surface area contributed by atoms with Crippen LogP contribution < -0.4 is 11.1 Å². The number of carbonyl (C=O) groups excluding carboxylic acids is 3. The van der Waals surface area contributed by atoms with E-state index in [0.717, 1.165) is 0 Å². The number of amides is 3. The number of piperidine rings is 1. The highest BCUT2D eigenvalue weighted by molar-refractivity contribution is 5.86. The molecule has 2 atom stereocenters. The van der Waals surface area contributed by atoms with E-state index >= 15 is 0 Å². The van der Waals surface area contributed by atoms with Crippen LogP contribution in [-0.2, 0) is 19.2 Å². The molecule has 3 amide bonds. The first-order chi connectivity index (χ1) is 9.81. The van der Waals surface area contributed by atoms with Gasteiger partial charge in [-0.1, -0.05) is 0 Å². The monoisotopic (exact) mass is 299 g/mol. The van der Waals surface area contributed by atoms with Crippen molar-refractivity contribution in [1.82, 2.24) is 10.2 Å². The lowest BCUT2D eigenvalue weighted by molar-refractivity contribution is -0.144. The van der Waals surface area contributed by atoms with Gasteiger partial charge >= 0.3 is 5.97 Å². The summed E-state index contributed by atoms with van der Waals surface area (Å²) in [5.74, 6) is -2.74. The maximum absolute atomic E-state index is 12.1. The molecule has 1 aliphatic rings. The Bertz CT molecular complexity index is 438. The molecule has 1 heterocycles. The molecule has 8 heteroatoms. The first kappa shape index (κ1) is 16.9. The van der Waals surface area contributed by atoms with Crippen LogP contribution in [0.1, 0.15) is 32.6 Å². The summed E-state index contributed by atoms with van der Waals surface area (Å²) in [6, 6.07) is -1.14. The zero-order chi connectivity index (χ0) is 16.0. The Morgan fingerprint density at radius 2 is 2.05 bits per heavy atom. The van der Waals surface area contributed by atoms with Crippen molar-refractivity contribution in [1.29, 1.82) is 0 Å². The summed E-state index contributed by atoms with van der Waals surface area (Å²) in [7, 11) is 0. The van der Waals surface area contributed by atoms with Crippen molar-refractivity contribution in [2.24, 2.45) is 11.7 Å². The molecule has 21 heavy (non-hydrogen) atoms. The summed E-state index contributed by atoms with van der Waals surface area (Å²) in [4.78, 5) is 46.8. The number of hydrogen-bond acceptors (Lipinski definition) is 4. The van der Waals surface area contributed by atoms with Gasteiger partial charge in [-0.15, -0.1) is 0 Å². The van der Waals surface area contributed by atoms with Crippen LogP contribution in [0.4, 0.5) is 0 Å². The smallest absolute Gasteiger partial charge is 0.326 e. The van der Waals surface area contributed by atoms with Crippen molar-refractivity contribution in [2.45, 2.75) is 38.6 Å². The Morgan fingerprint density at radius 1 is 1.38 bits per heavy atom. The number of hydrogen-bond donors (Lipinski definition) is 3. The molecule has 0 radical (unpaired) electrons. The highest BCUT2D eigenvalue weighted by Crippen LogP contribution is 2.17. The standard InChI is InChI=1S/C13H21N3O5/c1-8(17)16-6-2-3-9(7-16)12(19)15-10(13(20)21)4-5-11(14)18/h9-10H,2-7H2,1H3,(H2,14,18)(H,15,19)(H,20,21)/t9?,10-/m1/s1. The van der Waals surface area contributed by atoms with Gasteiger partial charge in [-0.3, -0.25) is 14.4 Å². The zero-order valence-electron chi connectivity index (χ0n) is 12.0. The Labute approximate surface area is 122 Å². The minimum absolute atomic E-state index is 0.0421. The number of rotatable bonds is 6. The normalized spacial score (nSPS) is 19.7. The van der Waals surface area contributed by atoms with E-state index in [0.29, 0.717) is 25.9 Å². The van der Waals surface area contributed by atoms with Gasteiger partial charge in [-0.2, -0.15) is 0 Å². The minimum atomic E-state index is -1.20. The van der Waals surface area contributed by atoms with Crippen LogP contribution in [0.5, 0.6) is 0 Å². The summed E-state index contributed by atoms with van der Waals surface area (Å²) < 4.78 is 0. The number of nitrogens with one attached hydrogen (secondary N) is 1. The van der Waals surface area contributed by atoms with Crippen LogP contribution in [0.2, 0.25) is 0 Å². The average molecular weight is 299 g/mol. The Kier molecular flexibility index (Phi) is 6.13. The van der Waals surface area contributed by atoms with Crippen LogP contribution in [0.15, 0.2) is 0 Å². The van der Waals surface area contributed by atoms with E-state index in [-0.39, 0.29) is 18.7 Å². The van der Waals surface area contributed by atoms with Gasteiger partial charge in [0.15, 0.2) is 0 Å². The van der Waals surface area contributed by atoms with Crippen LogP contribution in [0, 0.1) is 5.92 Å². The molecule has 1 aliphatic heterocycles. The molecule has 1 saturated heterocycles. The van der Waals surface area contributed by atoms with Gasteiger partial charge in [0.2, 0.25) is 17.7 Å². The minimum Gasteiger partial charge on any atom is -0.480 e. The number of primary amides is 1. The fraction of sp³-hybridized carbons (Fsp3) is 0.692. The van der Waals surface area contributed by atoms with Crippen LogP contribution in [0.25, 0.3) is 0 Å². The summed E-state index contributed by atoms with van der Waals surface area (Å²) in [5.41, 5.74) is 4.98. The zero-order valence-corrected chi connectivity index (χ0v) is 12.0. The van der Waals surface area contributed by atoms with Crippen molar-refractivity contribution in [2.75, 3.05) is 13.1 Å². The molecule has 4 N–H and O–H groups in total. The summed E-state index contributed by atoms with van der Waals surface area (Å²) in [5, 5.41) is 11.5. The van der Waals surface area contributed by atoms with E-state index in [1.165, 1.54) is 6.92 Å². The molecule has 1 rings (SSSR count). The van der Waals surface area contributed by atoms with Gasteiger partial charge in [0.05, 0.1) is 5.92 Å². The van der Waals surface area contributed by atoms with Crippen molar-refractivity contribution in [3.8, 4) is 0 Å². The molecule has 1 fully saturated rings. The molecule has 0 aliphatic carbocycles. The second-order valence-electron chi connectivity index (χ2n) is 5.21. The van der Waals surface area contributed by atoms with Crippen molar-refractivity contribution < 1.29 is 24.3 Å². The lowest BCUT2D eigenvalue weighted by atomic mass is 9.96. The number of aliphatic carboxylic acids is 1. The molecule has 0 spiro atoms. The molecule has 8 nitrogen and oxygen atoms in total. The number of nitrogens with zero attached hydrogens (tertiary/aromatic N) is 1. The third kappa shape index (κ3) is 5.41. The van der Waals surface area contributed by atoms with E-state index in [1.807, 2.05) is 0 Å². The van der Waals surface area contributed by atoms with E-state index in [2.05, 4.69) is 5.32 Å². The number of likely N-dealkylation sites (tertiary alicyclic amines) is 1. The molecule has 0 aromatic heterocycles. The van der Waals surface area contributed by atoms with E-state index in [4.69, 9.17) is 10.8 Å². The Hall–Kier alpha value is -2.12. The molecule has 1 unspecified atom stereocenters. The molecule has 0 aromatic carbocycles. The van der Waals surface area contributed by atoms with Crippen LogP contribution in [-0.4, -0.2) is 52.8 Å². The highest BCUT2D eigenvalue weighted by atomic mass is 16.4. The predicted molar refractivity (Wildman–Crippen MR) is 73.0 cm³/mol. The molecule has 0 aromatic rings. The number of carboxylic acid groups (broad SMARTS) is 1. The highest BCUT2D eigenvalue weighted by Gasteiger charge is 2.30. The number of carbonyl (C=O) groups is 4. The molecular weight excluding hydrogens is 278 g/mol. The number of carboxylic acids is 1. The number of nitrogens with two attached hydrogens (primary N) is 1. The van der Waals surface area contributed by atoms with E-state index in [9.17, 15) is 19.2 Å². The third-order valence-corrected chi connectivity index (χ3v) is 3.53. The molecule has 0 saturated carbocycles. The second kappa shape index (κ2) is 7.61. The van der Waals surface area contributed by atoms with Crippen LogP contribution in [0.3, 0.4) is 0 Å². The molecular formula is C13H21N3O5. The van der Waals surface area contributed by atoms with Gasteiger partial charge < -0.3 is 21.1 Å².